The average Bonchev–Trinajstić information content (AvgIpc) is 2.96. The van der Waals surface area contributed by atoms with Crippen molar-refractivity contribution in [3.8, 4) is 5.75 Å². The van der Waals surface area contributed by atoms with E-state index in [9.17, 15) is 4.79 Å². The van der Waals surface area contributed by atoms with Crippen LogP contribution in [0.25, 0.3) is 0 Å². The van der Waals surface area contributed by atoms with E-state index < -0.39 is 0 Å². The van der Waals surface area contributed by atoms with Gasteiger partial charge in [0.1, 0.15) is 5.75 Å². The van der Waals surface area contributed by atoms with Crippen LogP contribution in [0.15, 0.2) is 24.3 Å². The largest absolute Gasteiger partial charge is 0.493 e. The Morgan fingerprint density at radius 2 is 2.05 bits per heavy atom. The van der Waals surface area contributed by atoms with E-state index in [4.69, 9.17) is 10.5 Å². The molecule has 1 atom stereocenters. The van der Waals surface area contributed by atoms with E-state index in [1.54, 1.807) is 0 Å². The molecule has 1 heterocycles. The second kappa shape index (κ2) is 9.01. The number of hydrogen-bond donors (Lipinski definition) is 1. The van der Waals surface area contributed by atoms with Crippen LogP contribution in [-0.2, 0) is 4.79 Å². The van der Waals surface area contributed by atoms with Gasteiger partial charge in [0.2, 0.25) is 5.91 Å². The summed E-state index contributed by atoms with van der Waals surface area (Å²) in [7, 11) is 0. The molecule has 1 unspecified atom stereocenters. The number of hydrogen-bond acceptors (Lipinski definition) is 3. The number of rotatable bonds is 6. The second-order valence-corrected chi connectivity index (χ2v) is 6.05. The van der Waals surface area contributed by atoms with Gasteiger partial charge < -0.3 is 15.4 Å². The summed E-state index contributed by atoms with van der Waals surface area (Å²) in [6, 6.07) is 8.10. The molecule has 0 aromatic heterocycles. The van der Waals surface area contributed by atoms with Crippen molar-refractivity contribution in [3.63, 3.8) is 0 Å². The van der Waals surface area contributed by atoms with Crippen LogP contribution < -0.4 is 10.5 Å². The fourth-order valence-corrected chi connectivity index (χ4v) is 2.61. The van der Waals surface area contributed by atoms with Crippen LogP contribution in [-0.4, -0.2) is 37.0 Å². The zero-order chi connectivity index (χ0) is 15.2. The molecule has 1 fully saturated rings. The summed E-state index contributed by atoms with van der Waals surface area (Å²) in [5.41, 5.74) is 6.94. The first-order chi connectivity index (χ1) is 10.1. The van der Waals surface area contributed by atoms with Gasteiger partial charge in [0.05, 0.1) is 13.0 Å². The number of likely N-dealkylation sites (tertiary alicyclic amines) is 1. The summed E-state index contributed by atoms with van der Waals surface area (Å²) in [4.78, 5) is 14.0. The number of carbonyl (C=O) groups is 1. The highest BCUT2D eigenvalue weighted by molar-refractivity contribution is 5.85. The summed E-state index contributed by atoms with van der Waals surface area (Å²) in [5.74, 6) is 1.99. The third-order valence-corrected chi connectivity index (χ3v) is 4.10. The molecule has 1 saturated heterocycles. The molecule has 124 valence electrons. The third-order valence-electron chi connectivity index (χ3n) is 4.10. The number of amides is 1. The van der Waals surface area contributed by atoms with Crippen LogP contribution in [0.3, 0.4) is 0 Å². The lowest BCUT2D eigenvalue weighted by Crippen LogP contribution is -2.30. The molecule has 0 saturated carbocycles. The number of carbonyl (C=O) groups excluding carboxylic acids is 1. The standard InChI is InChI=1S/C17H26N2O2.ClH/c1-13(2)15-3-5-16(6-4-15)21-10-8-17(20)19-9-7-14(11-18)12-19;/h3-6,13-14H,7-12,18H2,1-2H3;1H. The van der Waals surface area contributed by atoms with Crippen molar-refractivity contribution in [1.29, 1.82) is 0 Å². The molecule has 0 bridgehead atoms. The minimum absolute atomic E-state index is 0. The van der Waals surface area contributed by atoms with Crippen LogP contribution in [0.4, 0.5) is 0 Å². The zero-order valence-electron chi connectivity index (χ0n) is 13.5. The molecule has 4 nitrogen and oxygen atoms in total. The SMILES string of the molecule is CC(C)c1ccc(OCCC(=O)N2CCC(CN)C2)cc1.Cl. The lowest BCUT2D eigenvalue weighted by atomic mass is 10.0. The van der Waals surface area contributed by atoms with Crippen molar-refractivity contribution in [2.75, 3.05) is 26.2 Å². The quantitative estimate of drug-likeness (QED) is 0.874. The maximum atomic E-state index is 12.0. The Hall–Kier alpha value is -1.26. The molecular weight excluding hydrogens is 300 g/mol. The van der Waals surface area contributed by atoms with Crippen molar-refractivity contribution < 1.29 is 9.53 Å². The molecule has 0 aliphatic carbocycles. The maximum Gasteiger partial charge on any atom is 0.226 e. The highest BCUT2D eigenvalue weighted by Gasteiger charge is 2.24. The van der Waals surface area contributed by atoms with E-state index in [1.807, 2.05) is 17.0 Å². The number of nitrogens with two attached hydrogens (primary N) is 1. The minimum Gasteiger partial charge on any atom is -0.493 e. The van der Waals surface area contributed by atoms with Crippen molar-refractivity contribution in [2.45, 2.75) is 32.6 Å². The van der Waals surface area contributed by atoms with Gasteiger partial charge in [-0.3, -0.25) is 4.79 Å². The highest BCUT2D eigenvalue weighted by atomic mass is 35.5. The molecule has 2 N–H and O–H groups in total. The zero-order valence-corrected chi connectivity index (χ0v) is 14.3. The molecule has 0 radical (unpaired) electrons. The van der Waals surface area contributed by atoms with Crippen molar-refractivity contribution in [1.82, 2.24) is 4.90 Å². The number of nitrogens with zero attached hydrogens (tertiary/aromatic N) is 1. The van der Waals surface area contributed by atoms with E-state index in [0.29, 0.717) is 31.4 Å². The highest BCUT2D eigenvalue weighted by Crippen LogP contribution is 2.19. The average molecular weight is 327 g/mol. The molecule has 1 amide bonds. The predicted octanol–water partition coefficient (Wildman–Crippen LogP) is 2.81. The lowest BCUT2D eigenvalue weighted by Gasteiger charge is -2.16. The molecule has 5 heteroatoms. The number of ether oxygens (including phenoxy) is 1. The first-order valence-electron chi connectivity index (χ1n) is 7.80. The summed E-state index contributed by atoms with van der Waals surface area (Å²) in [5, 5.41) is 0. The molecule has 1 aliphatic heterocycles. The topological polar surface area (TPSA) is 55.6 Å². The maximum absolute atomic E-state index is 12.0. The van der Waals surface area contributed by atoms with Crippen molar-refractivity contribution in [3.05, 3.63) is 29.8 Å². The van der Waals surface area contributed by atoms with E-state index in [2.05, 4.69) is 26.0 Å². The van der Waals surface area contributed by atoms with Gasteiger partial charge >= 0.3 is 0 Å². The Balaban J connectivity index is 0.00000242. The van der Waals surface area contributed by atoms with Gasteiger partial charge in [0.15, 0.2) is 0 Å². The van der Waals surface area contributed by atoms with Crippen LogP contribution >= 0.6 is 12.4 Å². The molecule has 1 aromatic rings. The first-order valence-corrected chi connectivity index (χ1v) is 7.80. The van der Waals surface area contributed by atoms with Crippen molar-refractivity contribution >= 4 is 18.3 Å². The molecular formula is C17H27ClN2O2. The lowest BCUT2D eigenvalue weighted by molar-refractivity contribution is -0.130. The summed E-state index contributed by atoms with van der Waals surface area (Å²) < 4.78 is 5.65. The van der Waals surface area contributed by atoms with Gasteiger partial charge in [-0.25, -0.2) is 0 Å². The van der Waals surface area contributed by atoms with Crippen LogP contribution in [0.5, 0.6) is 5.75 Å². The molecule has 22 heavy (non-hydrogen) atoms. The van der Waals surface area contributed by atoms with Gasteiger partial charge in [-0.1, -0.05) is 26.0 Å². The summed E-state index contributed by atoms with van der Waals surface area (Å²) >= 11 is 0. The Kier molecular flexibility index (Phi) is 7.69. The fraction of sp³-hybridized carbons (Fsp3) is 0.588. The summed E-state index contributed by atoms with van der Waals surface area (Å²) in [6.45, 7) is 7.08. The molecule has 1 aromatic carbocycles. The Bertz CT molecular complexity index is 462. The van der Waals surface area contributed by atoms with Gasteiger partial charge in [0, 0.05) is 13.1 Å². The van der Waals surface area contributed by atoms with Crippen LogP contribution in [0, 0.1) is 5.92 Å². The number of benzene rings is 1. The Morgan fingerprint density at radius 3 is 2.59 bits per heavy atom. The summed E-state index contributed by atoms with van der Waals surface area (Å²) in [6.07, 6.45) is 1.46. The van der Waals surface area contributed by atoms with Gasteiger partial charge in [-0.15, -0.1) is 12.4 Å². The second-order valence-electron chi connectivity index (χ2n) is 6.05. The molecule has 0 spiro atoms. The van der Waals surface area contributed by atoms with Crippen LogP contribution in [0.1, 0.15) is 38.2 Å². The third kappa shape index (κ3) is 5.18. The van der Waals surface area contributed by atoms with E-state index >= 15 is 0 Å². The molecule has 2 rings (SSSR count). The fourth-order valence-electron chi connectivity index (χ4n) is 2.61. The first kappa shape index (κ1) is 18.8. The predicted molar refractivity (Wildman–Crippen MR) is 91.6 cm³/mol. The Morgan fingerprint density at radius 1 is 1.36 bits per heavy atom. The van der Waals surface area contributed by atoms with Gasteiger partial charge in [-0.05, 0) is 42.5 Å². The van der Waals surface area contributed by atoms with Gasteiger partial charge in [-0.2, -0.15) is 0 Å². The number of halogens is 1. The Labute approximate surface area is 139 Å². The van der Waals surface area contributed by atoms with Gasteiger partial charge in [0.25, 0.3) is 0 Å². The molecule has 1 aliphatic rings. The van der Waals surface area contributed by atoms with Crippen LogP contribution in [0.2, 0.25) is 0 Å². The van der Waals surface area contributed by atoms with Crippen molar-refractivity contribution in [2.24, 2.45) is 11.7 Å². The smallest absolute Gasteiger partial charge is 0.226 e. The minimum atomic E-state index is 0. The van der Waals surface area contributed by atoms with E-state index in [1.165, 1.54) is 5.56 Å². The normalized spacial score (nSPS) is 17.5. The van der Waals surface area contributed by atoms with E-state index in [-0.39, 0.29) is 18.3 Å². The van der Waals surface area contributed by atoms with E-state index in [0.717, 1.165) is 25.3 Å². The monoisotopic (exact) mass is 326 g/mol.